The van der Waals surface area contributed by atoms with E-state index in [0.29, 0.717) is 13.0 Å². The lowest BCUT2D eigenvalue weighted by molar-refractivity contribution is 0.0998. The quantitative estimate of drug-likeness (QED) is 0.666. The summed E-state index contributed by atoms with van der Waals surface area (Å²) in [5, 5.41) is 5.30. The van der Waals surface area contributed by atoms with Gasteiger partial charge in [0.2, 0.25) is 0 Å². The molecule has 0 aliphatic rings. The van der Waals surface area contributed by atoms with Crippen molar-refractivity contribution in [1.29, 1.82) is 0 Å². The lowest BCUT2D eigenvalue weighted by atomic mass is 10.2. The van der Waals surface area contributed by atoms with Gasteiger partial charge in [0.15, 0.2) is 0 Å². The van der Waals surface area contributed by atoms with Gasteiger partial charge in [0.25, 0.3) is 0 Å². The fourth-order valence-corrected chi connectivity index (χ4v) is 1.27. The van der Waals surface area contributed by atoms with Crippen LogP contribution >= 0.6 is 0 Å². The molecule has 0 radical (unpaired) electrons. The predicted molar refractivity (Wildman–Crippen MR) is 73.1 cm³/mol. The van der Waals surface area contributed by atoms with E-state index in [0.717, 1.165) is 12.8 Å². The third kappa shape index (κ3) is 10.2. The molecule has 0 aliphatic carbocycles. The van der Waals surface area contributed by atoms with Crippen LogP contribution < -0.4 is 10.6 Å². The number of alkyl carbamates (subject to hydrolysis) is 2. The summed E-state index contributed by atoms with van der Waals surface area (Å²) in [4.78, 5) is 22.7. The Hall–Kier alpha value is -1.46. The first-order valence-electron chi connectivity index (χ1n) is 6.87. The van der Waals surface area contributed by atoms with E-state index in [1.807, 2.05) is 13.8 Å². The maximum atomic E-state index is 11.4. The molecular formula is C13H26N2O4. The zero-order valence-corrected chi connectivity index (χ0v) is 12.3. The first kappa shape index (κ1) is 17.5. The minimum atomic E-state index is -0.489. The molecular weight excluding hydrogens is 248 g/mol. The van der Waals surface area contributed by atoms with Crippen molar-refractivity contribution in [2.45, 2.75) is 59.1 Å². The second kappa shape index (κ2) is 10.5. The zero-order valence-electron chi connectivity index (χ0n) is 12.3. The summed E-state index contributed by atoms with van der Waals surface area (Å²) >= 11 is 0. The van der Waals surface area contributed by atoms with Gasteiger partial charge < -0.3 is 20.1 Å². The van der Waals surface area contributed by atoms with Gasteiger partial charge in [0.05, 0.1) is 12.1 Å². The third-order valence-electron chi connectivity index (χ3n) is 2.37. The highest BCUT2D eigenvalue weighted by molar-refractivity contribution is 5.68. The van der Waals surface area contributed by atoms with Gasteiger partial charge in [-0.3, -0.25) is 0 Å². The molecule has 0 spiro atoms. The highest BCUT2D eigenvalue weighted by Crippen LogP contribution is 1.96. The summed E-state index contributed by atoms with van der Waals surface area (Å²) in [5.74, 6) is 0. The topological polar surface area (TPSA) is 76.7 Å². The Morgan fingerprint density at radius 2 is 1.84 bits per heavy atom. The van der Waals surface area contributed by atoms with Gasteiger partial charge in [-0.2, -0.15) is 0 Å². The van der Waals surface area contributed by atoms with Crippen LogP contribution in [0.2, 0.25) is 0 Å². The average Bonchev–Trinajstić information content (AvgIpc) is 2.33. The smallest absolute Gasteiger partial charge is 0.407 e. The van der Waals surface area contributed by atoms with E-state index in [-0.39, 0.29) is 18.8 Å². The molecule has 0 heterocycles. The Kier molecular flexibility index (Phi) is 9.66. The van der Waals surface area contributed by atoms with Gasteiger partial charge in [-0.05, 0) is 26.7 Å². The lowest BCUT2D eigenvalue weighted by Gasteiger charge is -2.18. The van der Waals surface area contributed by atoms with Crippen molar-refractivity contribution in [3.63, 3.8) is 0 Å². The number of ether oxygens (including phenoxy) is 2. The highest BCUT2D eigenvalue weighted by Gasteiger charge is 2.14. The van der Waals surface area contributed by atoms with Crippen molar-refractivity contribution < 1.29 is 19.1 Å². The van der Waals surface area contributed by atoms with Crippen molar-refractivity contribution in [3.05, 3.63) is 0 Å². The number of amides is 2. The lowest BCUT2D eigenvalue weighted by Crippen LogP contribution is -2.40. The number of rotatable bonds is 8. The van der Waals surface area contributed by atoms with E-state index in [1.54, 1.807) is 13.8 Å². The molecule has 112 valence electrons. The predicted octanol–water partition coefficient (Wildman–Crippen LogP) is 2.43. The zero-order chi connectivity index (χ0) is 14.7. The first-order valence-corrected chi connectivity index (χ1v) is 6.87. The van der Waals surface area contributed by atoms with Crippen LogP contribution in [0.25, 0.3) is 0 Å². The largest absolute Gasteiger partial charge is 0.447 e. The molecule has 0 saturated heterocycles. The monoisotopic (exact) mass is 274 g/mol. The Morgan fingerprint density at radius 3 is 2.37 bits per heavy atom. The van der Waals surface area contributed by atoms with Crippen molar-refractivity contribution in [2.24, 2.45) is 0 Å². The Morgan fingerprint density at radius 1 is 1.16 bits per heavy atom. The van der Waals surface area contributed by atoms with Gasteiger partial charge in [0.1, 0.15) is 6.61 Å². The Labute approximate surface area is 115 Å². The summed E-state index contributed by atoms with van der Waals surface area (Å²) in [6.45, 7) is 8.25. The van der Waals surface area contributed by atoms with Crippen molar-refractivity contribution in [1.82, 2.24) is 10.6 Å². The van der Waals surface area contributed by atoms with Gasteiger partial charge in [-0.25, -0.2) is 9.59 Å². The number of unbranched alkanes of at least 4 members (excludes halogenated alkanes) is 1. The van der Waals surface area contributed by atoms with Crippen LogP contribution in [0.1, 0.15) is 47.0 Å². The Bertz CT molecular complexity index is 269. The molecule has 0 aromatic rings. The van der Waals surface area contributed by atoms with E-state index >= 15 is 0 Å². The molecule has 19 heavy (non-hydrogen) atoms. The Balaban J connectivity index is 3.86. The molecule has 0 fully saturated rings. The van der Waals surface area contributed by atoms with Crippen molar-refractivity contribution in [3.8, 4) is 0 Å². The van der Waals surface area contributed by atoms with Crippen LogP contribution in [0.15, 0.2) is 0 Å². The number of carbonyl (C=O) groups is 2. The van der Waals surface area contributed by atoms with Crippen molar-refractivity contribution >= 4 is 12.2 Å². The van der Waals surface area contributed by atoms with Crippen molar-refractivity contribution in [2.75, 3.05) is 13.2 Å². The van der Waals surface area contributed by atoms with Gasteiger partial charge >= 0.3 is 12.2 Å². The maximum absolute atomic E-state index is 11.4. The second-order valence-electron chi connectivity index (χ2n) is 4.58. The molecule has 0 aliphatic heterocycles. The summed E-state index contributed by atoms with van der Waals surface area (Å²) < 4.78 is 9.99. The van der Waals surface area contributed by atoms with Gasteiger partial charge in [0, 0.05) is 6.54 Å². The van der Waals surface area contributed by atoms with Crippen LogP contribution in [0, 0.1) is 0 Å². The molecule has 0 bridgehead atoms. The van der Waals surface area contributed by atoms with Crippen LogP contribution in [-0.4, -0.2) is 37.5 Å². The molecule has 6 nitrogen and oxygen atoms in total. The highest BCUT2D eigenvalue weighted by atomic mass is 16.6. The molecule has 2 N–H and O–H groups in total. The second-order valence-corrected chi connectivity index (χ2v) is 4.58. The number of hydrogen-bond acceptors (Lipinski definition) is 4. The molecule has 6 heteroatoms. The van der Waals surface area contributed by atoms with Crippen LogP contribution in [-0.2, 0) is 9.47 Å². The summed E-state index contributed by atoms with van der Waals surface area (Å²) in [6, 6.07) is -0.233. The number of nitrogens with one attached hydrogen (secondary N) is 2. The normalized spacial score (nSPS) is 11.8. The minimum Gasteiger partial charge on any atom is -0.447 e. The molecule has 0 unspecified atom stereocenters. The fraction of sp³-hybridized carbons (Fsp3) is 0.846. The first-order chi connectivity index (χ1) is 8.99. The van der Waals surface area contributed by atoms with E-state index in [2.05, 4.69) is 10.6 Å². The van der Waals surface area contributed by atoms with E-state index in [4.69, 9.17) is 9.47 Å². The summed E-state index contributed by atoms with van der Waals surface area (Å²) in [5.41, 5.74) is 0. The summed E-state index contributed by atoms with van der Waals surface area (Å²) in [6.07, 6.45) is 1.49. The average molecular weight is 274 g/mol. The number of carbonyl (C=O) groups excluding carboxylic acids is 2. The fourth-order valence-electron chi connectivity index (χ4n) is 1.27. The minimum absolute atomic E-state index is 0.141. The molecule has 0 rings (SSSR count). The van der Waals surface area contributed by atoms with E-state index in [9.17, 15) is 9.59 Å². The van der Waals surface area contributed by atoms with E-state index < -0.39 is 12.2 Å². The van der Waals surface area contributed by atoms with Gasteiger partial charge in [-0.1, -0.05) is 20.3 Å². The van der Waals surface area contributed by atoms with Gasteiger partial charge in [-0.15, -0.1) is 0 Å². The number of hydrogen-bond donors (Lipinski definition) is 2. The van der Waals surface area contributed by atoms with Crippen LogP contribution in [0.5, 0.6) is 0 Å². The standard InChI is InChI=1S/C13H26N2O4/c1-5-7-8-14-12(16)18-9-11(6-2)15-13(17)19-10(3)4/h10-11H,5-9H2,1-4H3,(H,14,16)(H,15,17)/t11-/m1/s1. The van der Waals surface area contributed by atoms with Crippen LogP contribution in [0.4, 0.5) is 9.59 Å². The molecule has 1 atom stereocenters. The van der Waals surface area contributed by atoms with E-state index in [1.165, 1.54) is 0 Å². The molecule has 0 aromatic heterocycles. The third-order valence-corrected chi connectivity index (χ3v) is 2.37. The maximum Gasteiger partial charge on any atom is 0.407 e. The molecule has 0 aromatic carbocycles. The molecule has 0 saturated carbocycles. The molecule has 2 amide bonds. The van der Waals surface area contributed by atoms with Crippen LogP contribution in [0.3, 0.4) is 0 Å². The SMILES string of the molecule is CCCCNC(=O)OC[C@@H](CC)NC(=O)OC(C)C. The summed E-state index contributed by atoms with van der Waals surface area (Å²) in [7, 11) is 0.